The summed E-state index contributed by atoms with van der Waals surface area (Å²) in [6, 6.07) is 11.6. The van der Waals surface area contributed by atoms with Crippen molar-refractivity contribution in [2.75, 3.05) is 25.1 Å². The minimum atomic E-state index is -0.661. The number of piperidine rings is 1. The second kappa shape index (κ2) is 10.9. The molecule has 0 N–H and O–H groups in total. The van der Waals surface area contributed by atoms with Crippen molar-refractivity contribution in [3.63, 3.8) is 0 Å². The molecule has 0 saturated carbocycles. The van der Waals surface area contributed by atoms with Gasteiger partial charge < -0.3 is 14.4 Å². The third kappa shape index (κ3) is 5.13. The van der Waals surface area contributed by atoms with E-state index >= 15 is 0 Å². The number of hydrogen-bond acceptors (Lipinski definition) is 4. The molecule has 2 saturated heterocycles. The van der Waals surface area contributed by atoms with Crippen molar-refractivity contribution in [3.8, 4) is 11.5 Å². The first-order valence-electron chi connectivity index (χ1n) is 11.6. The summed E-state index contributed by atoms with van der Waals surface area (Å²) in [5.41, 5.74) is 1.02. The first-order valence-corrected chi connectivity index (χ1v) is 12.4. The molecule has 8 heteroatoms. The minimum Gasteiger partial charge on any atom is -0.493 e. The lowest BCUT2D eigenvalue weighted by Gasteiger charge is -2.37. The van der Waals surface area contributed by atoms with Gasteiger partial charge in [-0.1, -0.05) is 35.7 Å². The number of halogens is 3. The maximum atomic E-state index is 13.6. The lowest BCUT2D eigenvalue weighted by Crippen LogP contribution is -2.46. The van der Waals surface area contributed by atoms with Gasteiger partial charge in [-0.3, -0.25) is 9.69 Å². The van der Waals surface area contributed by atoms with Crippen molar-refractivity contribution in [2.24, 2.45) is 0 Å². The molecule has 0 aromatic heterocycles. The number of hydrogen-bond donors (Lipinski definition) is 0. The van der Waals surface area contributed by atoms with Gasteiger partial charge in [-0.15, -0.1) is 12.4 Å². The SMILES string of the molecule is COc1ccc(N2CCC(C)(c3ccc(Cl)c(Cl)c3)C2=O)cc1OC(C)N1CCCCC1C.Cl. The average molecular weight is 528 g/mol. The zero-order chi connectivity index (χ0) is 23.8. The molecule has 4 rings (SSSR count). The third-order valence-electron chi connectivity index (χ3n) is 7.19. The van der Waals surface area contributed by atoms with Crippen LogP contribution in [0.5, 0.6) is 11.5 Å². The van der Waals surface area contributed by atoms with Gasteiger partial charge in [0.2, 0.25) is 5.91 Å². The Morgan fingerprint density at radius 3 is 2.50 bits per heavy atom. The molecule has 2 aromatic carbocycles. The largest absolute Gasteiger partial charge is 0.493 e. The van der Waals surface area contributed by atoms with E-state index in [1.807, 2.05) is 36.1 Å². The molecule has 34 heavy (non-hydrogen) atoms. The van der Waals surface area contributed by atoms with Crippen LogP contribution < -0.4 is 14.4 Å². The lowest BCUT2D eigenvalue weighted by molar-refractivity contribution is -0.121. The van der Waals surface area contributed by atoms with Crippen LogP contribution in [0.15, 0.2) is 36.4 Å². The second-order valence-electron chi connectivity index (χ2n) is 9.30. The number of anilines is 1. The van der Waals surface area contributed by atoms with Gasteiger partial charge in [-0.25, -0.2) is 0 Å². The summed E-state index contributed by atoms with van der Waals surface area (Å²) in [5, 5.41) is 0.947. The number of methoxy groups -OCH3 is 1. The molecular weight excluding hydrogens is 495 g/mol. The number of benzene rings is 2. The molecule has 0 bridgehead atoms. The fourth-order valence-electron chi connectivity index (χ4n) is 5.03. The Labute approximate surface area is 218 Å². The van der Waals surface area contributed by atoms with E-state index in [1.165, 1.54) is 19.3 Å². The topological polar surface area (TPSA) is 42.0 Å². The highest BCUT2D eigenvalue weighted by molar-refractivity contribution is 6.42. The van der Waals surface area contributed by atoms with Gasteiger partial charge in [0, 0.05) is 30.9 Å². The standard InChI is InChI=1S/C26H32Cl2N2O3.ClH/c1-17-7-5-6-13-29(17)18(2)33-24-16-20(9-11-23(24)32-4)30-14-12-26(3,25(30)31)19-8-10-21(27)22(28)15-19;/h8-11,15-18H,5-7,12-14H2,1-4H3;1H. The van der Waals surface area contributed by atoms with E-state index in [2.05, 4.69) is 18.7 Å². The number of likely N-dealkylation sites (tertiary alicyclic amines) is 1. The van der Waals surface area contributed by atoms with Gasteiger partial charge in [0.1, 0.15) is 6.23 Å². The van der Waals surface area contributed by atoms with Crippen molar-refractivity contribution in [3.05, 3.63) is 52.0 Å². The molecule has 5 nitrogen and oxygen atoms in total. The van der Waals surface area contributed by atoms with Gasteiger partial charge in [0.25, 0.3) is 0 Å². The van der Waals surface area contributed by atoms with Gasteiger partial charge in [-0.2, -0.15) is 0 Å². The van der Waals surface area contributed by atoms with Crippen LogP contribution in [-0.4, -0.2) is 43.3 Å². The summed E-state index contributed by atoms with van der Waals surface area (Å²) in [5.74, 6) is 1.35. The molecule has 2 aliphatic rings. The van der Waals surface area contributed by atoms with E-state index < -0.39 is 5.41 Å². The Bertz CT molecular complexity index is 1030. The smallest absolute Gasteiger partial charge is 0.237 e. The summed E-state index contributed by atoms with van der Waals surface area (Å²) in [7, 11) is 1.64. The van der Waals surface area contributed by atoms with E-state index in [-0.39, 0.29) is 24.5 Å². The van der Waals surface area contributed by atoms with Crippen LogP contribution in [0, 0.1) is 0 Å². The molecule has 2 aliphatic heterocycles. The lowest BCUT2D eigenvalue weighted by atomic mass is 9.81. The maximum absolute atomic E-state index is 13.6. The first kappa shape index (κ1) is 26.9. The van der Waals surface area contributed by atoms with Crippen LogP contribution in [0.1, 0.15) is 52.0 Å². The number of amides is 1. The van der Waals surface area contributed by atoms with Crippen molar-refractivity contribution in [2.45, 2.75) is 64.1 Å². The van der Waals surface area contributed by atoms with E-state index in [0.29, 0.717) is 40.6 Å². The number of ether oxygens (including phenoxy) is 2. The fourth-order valence-corrected chi connectivity index (χ4v) is 5.33. The number of carbonyl (C=O) groups is 1. The van der Waals surface area contributed by atoms with E-state index in [1.54, 1.807) is 19.2 Å². The molecule has 3 atom stereocenters. The normalized spacial score (nSPS) is 24.0. The van der Waals surface area contributed by atoms with Crippen molar-refractivity contribution >= 4 is 47.2 Å². The van der Waals surface area contributed by atoms with E-state index in [9.17, 15) is 4.79 Å². The summed E-state index contributed by atoms with van der Waals surface area (Å²) < 4.78 is 11.9. The highest BCUT2D eigenvalue weighted by Gasteiger charge is 2.45. The molecule has 2 heterocycles. The molecule has 2 fully saturated rings. The highest BCUT2D eigenvalue weighted by atomic mass is 35.5. The molecule has 186 valence electrons. The number of rotatable bonds is 6. The van der Waals surface area contributed by atoms with Crippen molar-refractivity contribution in [1.29, 1.82) is 0 Å². The molecule has 0 radical (unpaired) electrons. The fraction of sp³-hybridized carbons (Fsp3) is 0.500. The van der Waals surface area contributed by atoms with E-state index in [0.717, 1.165) is 17.8 Å². The van der Waals surface area contributed by atoms with Crippen LogP contribution in [0.4, 0.5) is 5.69 Å². The van der Waals surface area contributed by atoms with Gasteiger partial charge >= 0.3 is 0 Å². The number of carbonyl (C=O) groups excluding carboxylic acids is 1. The minimum absolute atomic E-state index is 0. The molecule has 1 amide bonds. The summed E-state index contributed by atoms with van der Waals surface area (Å²) in [6.07, 6.45) is 4.23. The van der Waals surface area contributed by atoms with Crippen LogP contribution >= 0.6 is 35.6 Å². The Morgan fingerprint density at radius 1 is 1.06 bits per heavy atom. The van der Waals surface area contributed by atoms with Crippen molar-refractivity contribution < 1.29 is 14.3 Å². The Hall–Kier alpha value is -1.66. The van der Waals surface area contributed by atoms with Crippen molar-refractivity contribution in [1.82, 2.24) is 4.90 Å². The Morgan fingerprint density at radius 2 is 1.82 bits per heavy atom. The summed E-state index contributed by atoms with van der Waals surface area (Å²) >= 11 is 12.3. The predicted molar refractivity (Wildman–Crippen MR) is 141 cm³/mol. The Kier molecular flexibility index (Phi) is 8.67. The average Bonchev–Trinajstić information content (AvgIpc) is 3.11. The first-order chi connectivity index (χ1) is 15.7. The highest BCUT2D eigenvalue weighted by Crippen LogP contribution is 2.42. The number of nitrogens with zero attached hydrogens (tertiary/aromatic N) is 2. The molecule has 0 spiro atoms. The monoisotopic (exact) mass is 526 g/mol. The zero-order valence-corrected chi connectivity index (χ0v) is 22.5. The summed E-state index contributed by atoms with van der Waals surface area (Å²) in [4.78, 5) is 17.8. The van der Waals surface area contributed by atoms with Gasteiger partial charge in [0.05, 0.1) is 22.6 Å². The molecule has 3 unspecified atom stereocenters. The quantitative estimate of drug-likeness (QED) is 0.418. The van der Waals surface area contributed by atoms with E-state index in [4.69, 9.17) is 32.7 Å². The predicted octanol–water partition coefficient (Wildman–Crippen LogP) is 6.72. The molecular formula is C26H33Cl3N2O3. The van der Waals surface area contributed by atoms with Crippen LogP contribution in [0.25, 0.3) is 0 Å². The van der Waals surface area contributed by atoms with Gasteiger partial charge in [0.15, 0.2) is 11.5 Å². The second-order valence-corrected chi connectivity index (χ2v) is 10.1. The maximum Gasteiger partial charge on any atom is 0.237 e. The molecule has 0 aliphatic carbocycles. The zero-order valence-electron chi connectivity index (χ0n) is 20.1. The van der Waals surface area contributed by atoms with Crippen LogP contribution in [0.2, 0.25) is 10.0 Å². The van der Waals surface area contributed by atoms with Gasteiger partial charge in [-0.05, 0) is 69.9 Å². The van der Waals surface area contributed by atoms with Crippen LogP contribution in [0.3, 0.4) is 0 Å². The Balaban J connectivity index is 0.00000324. The molecule has 2 aromatic rings. The third-order valence-corrected chi connectivity index (χ3v) is 7.93. The summed E-state index contributed by atoms with van der Waals surface area (Å²) in [6.45, 7) is 7.93. The van der Waals surface area contributed by atoms with Crippen LogP contribution in [-0.2, 0) is 10.2 Å².